The first-order chi connectivity index (χ1) is 6.33. The maximum absolute atomic E-state index is 10.5. The number of benzene rings is 1. The van der Waals surface area contributed by atoms with E-state index in [2.05, 4.69) is 15.9 Å². The number of hydrogen-bond acceptors (Lipinski definition) is 2. The molecule has 1 aromatic heterocycles. The minimum atomic E-state index is 0.675. The molecule has 0 amide bonds. The highest BCUT2D eigenvalue weighted by Gasteiger charge is 2.02. The molecular weight excluding hydrogens is 232 g/mol. The molecule has 13 heavy (non-hydrogen) atoms. The summed E-state index contributed by atoms with van der Waals surface area (Å²) in [5, 5.41) is 1.66. The van der Waals surface area contributed by atoms with Crippen molar-refractivity contribution in [3.8, 4) is 0 Å². The third-order valence-corrected chi connectivity index (χ3v) is 2.41. The zero-order valence-electron chi connectivity index (χ0n) is 6.79. The Morgan fingerprint density at radius 1 is 1.38 bits per heavy atom. The van der Waals surface area contributed by atoms with Crippen molar-refractivity contribution in [3.63, 3.8) is 0 Å². The summed E-state index contributed by atoms with van der Waals surface area (Å²) in [6.07, 6.45) is 0.834. The molecule has 0 radical (unpaired) electrons. The Morgan fingerprint density at radius 2 is 2.23 bits per heavy atom. The van der Waals surface area contributed by atoms with Crippen LogP contribution < -0.4 is 0 Å². The molecule has 0 aliphatic carbocycles. The second kappa shape index (κ2) is 3.34. The number of hydrogen-bond donors (Lipinski definition) is 0. The van der Waals surface area contributed by atoms with Crippen molar-refractivity contribution in [1.29, 1.82) is 0 Å². The lowest BCUT2D eigenvalue weighted by Crippen LogP contribution is -1.75. The molecule has 1 heterocycles. The van der Waals surface area contributed by atoms with Crippen LogP contribution in [0.3, 0.4) is 0 Å². The van der Waals surface area contributed by atoms with E-state index in [1.165, 1.54) is 0 Å². The van der Waals surface area contributed by atoms with E-state index in [1.807, 2.05) is 18.2 Å². The van der Waals surface area contributed by atoms with Gasteiger partial charge < -0.3 is 4.42 Å². The number of aldehydes is 1. The van der Waals surface area contributed by atoms with Crippen molar-refractivity contribution in [1.82, 2.24) is 0 Å². The molecule has 2 aromatic rings. The molecule has 0 bridgehead atoms. The van der Waals surface area contributed by atoms with Gasteiger partial charge in [0.25, 0.3) is 0 Å². The summed E-state index contributed by atoms with van der Waals surface area (Å²) in [4.78, 5) is 10.5. The van der Waals surface area contributed by atoms with E-state index in [9.17, 15) is 4.79 Å². The molecule has 0 saturated carbocycles. The Labute approximate surface area is 83.7 Å². The molecule has 3 heteroatoms. The Bertz CT molecular complexity index is 445. The van der Waals surface area contributed by atoms with Crippen LogP contribution in [0.25, 0.3) is 11.0 Å². The molecule has 66 valence electrons. The van der Waals surface area contributed by atoms with Gasteiger partial charge in [-0.1, -0.05) is 15.9 Å². The number of alkyl halides is 1. The van der Waals surface area contributed by atoms with E-state index in [1.54, 1.807) is 6.07 Å². The summed E-state index contributed by atoms with van der Waals surface area (Å²) in [6, 6.07) is 7.30. The van der Waals surface area contributed by atoms with E-state index < -0.39 is 0 Å². The molecule has 0 fully saturated rings. The maximum Gasteiger partial charge on any atom is 0.150 e. The minimum absolute atomic E-state index is 0.675. The van der Waals surface area contributed by atoms with Crippen molar-refractivity contribution < 1.29 is 9.21 Å². The van der Waals surface area contributed by atoms with Gasteiger partial charge in [0.2, 0.25) is 0 Å². The molecule has 0 unspecified atom stereocenters. The summed E-state index contributed by atoms with van der Waals surface area (Å²) in [6.45, 7) is 0. The van der Waals surface area contributed by atoms with Crippen molar-refractivity contribution in [2.75, 3.05) is 0 Å². The quantitative estimate of drug-likeness (QED) is 0.595. The number of carbonyl (C=O) groups is 1. The van der Waals surface area contributed by atoms with E-state index in [-0.39, 0.29) is 0 Å². The third-order valence-electron chi connectivity index (χ3n) is 1.86. The van der Waals surface area contributed by atoms with Gasteiger partial charge >= 0.3 is 0 Å². The highest BCUT2D eigenvalue weighted by Crippen LogP contribution is 2.21. The van der Waals surface area contributed by atoms with E-state index in [4.69, 9.17) is 4.42 Å². The highest BCUT2D eigenvalue weighted by molar-refractivity contribution is 9.08. The Balaban J connectivity index is 2.63. The predicted molar refractivity (Wildman–Crippen MR) is 54.2 cm³/mol. The largest absolute Gasteiger partial charge is 0.460 e. The molecule has 0 aliphatic heterocycles. The van der Waals surface area contributed by atoms with Gasteiger partial charge in [-0.15, -0.1) is 0 Å². The number of furan rings is 1. The summed E-state index contributed by atoms with van der Waals surface area (Å²) in [5.41, 5.74) is 1.49. The fraction of sp³-hybridized carbons (Fsp3) is 0.100. The Hall–Kier alpha value is -1.09. The average Bonchev–Trinajstić information content (AvgIpc) is 2.58. The van der Waals surface area contributed by atoms with E-state index in [0.717, 1.165) is 23.0 Å². The van der Waals surface area contributed by atoms with Crippen molar-refractivity contribution >= 4 is 33.2 Å². The van der Waals surface area contributed by atoms with E-state index >= 15 is 0 Å². The fourth-order valence-corrected chi connectivity index (χ4v) is 1.53. The molecule has 1 aromatic carbocycles. The summed E-state index contributed by atoms with van der Waals surface area (Å²) < 4.78 is 5.45. The van der Waals surface area contributed by atoms with Gasteiger partial charge in [0.1, 0.15) is 17.6 Å². The zero-order chi connectivity index (χ0) is 9.26. The van der Waals surface area contributed by atoms with Gasteiger partial charge in [-0.25, -0.2) is 0 Å². The normalized spacial score (nSPS) is 10.5. The minimum Gasteiger partial charge on any atom is -0.460 e. The average molecular weight is 239 g/mol. The molecule has 0 aliphatic rings. The topological polar surface area (TPSA) is 30.2 Å². The number of fused-ring (bicyclic) bond motifs is 1. The van der Waals surface area contributed by atoms with Gasteiger partial charge in [0, 0.05) is 10.9 Å². The second-order valence-electron chi connectivity index (χ2n) is 2.76. The first-order valence-corrected chi connectivity index (χ1v) is 4.99. The van der Waals surface area contributed by atoms with Crippen molar-refractivity contribution in [3.05, 3.63) is 35.6 Å². The first-order valence-electron chi connectivity index (χ1n) is 3.87. The van der Waals surface area contributed by atoms with Crippen molar-refractivity contribution in [2.45, 2.75) is 5.33 Å². The standard InChI is InChI=1S/C10H7BrO2/c11-5-9-4-8-3-7(6-12)1-2-10(8)13-9/h1-4,6H,5H2. The van der Waals surface area contributed by atoms with Crippen molar-refractivity contribution in [2.24, 2.45) is 0 Å². The maximum atomic E-state index is 10.5. The van der Waals surface area contributed by atoms with Crippen LogP contribution in [0.15, 0.2) is 28.7 Å². The summed E-state index contributed by atoms with van der Waals surface area (Å²) in [7, 11) is 0. The predicted octanol–water partition coefficient (Wildman–Crippen LogP) is 3.14. The number of rotatable bonds is 2. The van der Waals surface area contributed by atoms with Crippen LogP contribution in [0.1, 0.15) is 16.1 Å². The molecule has 0 spiro atoms. The van der Waals surface area contributed by atoms with E-state index in [0.29, 0.717) is 10.9 Å². The SMILES string of the molecule is O=Cc1ccc2oc(CBr)cc2c1. The monoisotopic (exact) mass is 238 g/mol. The van der Waals surface area contributed by atoms with Crippen LogP contribution in [0.2, 0.25) is 0 Å². The van der Waals surface area contributed by atoms with Crippen LogP contribution in [0.5, 0.6) is 0 Å². The fourth-order valence-electron chi connectivity index (χ4n) is 1.26. The zero-order valence-corrected chi connectivity index (χ0v) is 8.37. The van der Waals surface area contributed by atoms with Crippen LogP contribution in [0, 0.1) is 0 Å². The Kier molecular flexibility index (Phi) is 2.19. The van der Waals surface area contributed by atoms with Crippen LogP contribution in [0.4, 0.5) is 0 Å². The second-order valence-corrected chi connectivity index (χ2v) is 3.32. The molecule has 2 rings (SSSR count). The van der Waals surface area contributed by atoms with Crippen LogP contribution in [-0.4, -0.2) is 6.29 Å². The molecule has 0 atom stereocenters. The van der Waals surface area contributed by atoms with Gasteiger partial charge in [0.15, 0.2) is 0 Å². The van der Waals surface area contributed by atoms with Gasteiger partial charge in [0.05, 0.1) is 5.33 Å². The van der Waals surface area contributed by atoms with Crippen LogP contribution in [-0.2, 0) is 5.33 Å². The summed E-state index contributed by atoms with van der Waals surface area (Å²) >= 11 is 3.31. The number of halogens is 1. The van der Waals surface area contributed by atoms with Crippen LogP contribution >= 0.6 is 15.9 Å². The molecular formula is C10H7BrO2. The molecule has 0 saturated heterocycles. The lowest BCUT2D eigenvalue weighted by atomic mass is 10.2. The first kappa shape index (κ1) is 8.51. The Morgan fingerprint density at radius 3 is 2.92 bits per heavy atom. The molecule has 2 nitrogen and oxygen atoms in total. The third kappa shape index (κ3) is 1.52. The smallest absolute Gasteiger partial charge is 0.150 e. The van der Waals surface area contributed by atoms with Gasteiger partial charge in [-0.2, -0.15) is 0 Å². The highest BCUT2D eigenvalue weighted by atomic mass is 79.9. The molecule has 0 N–H and O–H groups in total. The van der Waals surface area contributed by atoms with Gasteiger partial charge in [-0.3, -0.25) is 4.79 Å². The summed E-state index contributed by atoms with van der Waals surface area (Å²) in [5.74, 6) is 0.873. The number of carbonyl (C=O) groups excluding carboxylic acids is 1. The lowest BCUT2D eigenvalue weighted by molar-refractivity contribution is 0.112. The lowest BCUT2D eigenvalue weighted by Gasteiger charge is -1.88. The van der Waals surface area contributed by atoms with Gasteiger partial charge in [-0.05, 0) is 24.3 Å².